The summed E-state index contributed by atoms with van der Waals surface area (Å²) >= 11 is 0. The maximum Gasteiger partial charge on any atom is 0.305 e. The molecule has 21 heavy (non-hydrogen) atoms. The summed E-state index contributed by atoms with van der Waals surface area (Å²) in [6, 6.07) is 4.17. The van der Waals surface area contributed by atoms with E-state index < -0.39 is 21.8 Å². The van der Waals surface area contributed by atoms with E-state index in [2.05, 4.69) is 5.32 Å². The molecule has 2 rings (SSSR count). The summed E-state index contributed by atoms with van der Waals surface area (Å²) in [6.07, 6.45) is 0.684. The summed E-state index contributed by atoms with van der Waals surface area (Å²) < 4.78 is 14.0. The molecule has 0 bridgehead atoms. The maximum atomic E-state index is 14.0. The third kappa shape index (κ3) is 3.02. The average Bonchev–Trinajstić information content (AvgIpc) is 2.82. The van der Waals surface area contributed by atoms with Gasteiger partial charge in [0.25, 0.3) is 0 Å². The Morgan fingerprint density at radius 1 is 1.57 bits per heavy atom. The minimum Gasteiger partial charge on any atom is -0.359 e. The van der Waals surface area contributed by atoms with Crippen molar-refractivity contribution in [3.8, 4) is 0 Å². The van der Waals surface area contributed by atoms with Crippen molar-refractivity contribution in [3.05, 3.63) is 39.7 Å². The number of hydrogen-bond acceptors (Lipinski definition) is 4. The fraction of sp³-hybridized carbons (Fsp3) is 0.500. The van der Waals surface area contributed by atoms with E-state index in [0.29, 0.717) is 19.5 Å². The van der Waals surface area contributed by atoms with Gasteiger partial charge in [-0.1, -0.05) is 12.1 Å². The molecule has 1 aromatic carbocycles. The Hall–Kier alpha value is -2.02. The van der Waals surface area contributed by atoms with Crippen molar-refractivity contribution < 1.29 is 14.1 Å². The van der Waals surface area contributed by atoms with Gasteiger partial charge < -0.3 is 5.32 Å². The highest BCUT2D eigenvalue weighted by atomic mass is 19.1. The molecule has 1 aliphatic heterocycles. The van der Waals surface area contributed by atoms with E-state index in [1.165, 1.54) is 12.1 Å². The second-order valence-corrected chi connectivity index (χ2v) is 5.61. The molecule has 0 radical (unpaired) electrons. The molecule has 1 N–H and O–H groups in total. The standard InChI is InChI=1S/C14H18FN3O3/c1-14(13(19)16-2)6-7-17(9-14)8-10-4-3-5-11(12(10)15)18(20)21/h3-5H,6-9H2,1-2H3,(H,16,19). The van der Waals surface area contributed by atoms with Crippen LogP contribution in [-0.4, -0.2) is 35.9 Å². The highest BCUT2D eigenvalue weighted by molar-refractivity contribution is 5.82. The second kappa shape index (κ2) is 5.77. The van der Waals surface area contributed by atoms with Crippen molar-refractivity contribution in [2.24, 2.45) is 5.41 Å². The predicted molar refractivity (Wildman–Crippen MR) is 75.1 cm³/mol. The first-order valence-corrected chi connectivity index (χ1v) is 6.74. The molecular formula is C14H18FN3O3. The molecule has 114 valence electrons. The van der Waals surface area contributed by atoms with Gasteiger partial charge in [0, 0.05) is 31.8 Å². The number of benzene rings is 1. The third-order valence-corrected chi connectivity index (χ3v) is 3.98. The van der Waals surface area contributed by atoms with Crippen molar-refractivity contribution >= 4 is 11.6 Å². The van der Waals surface area contributed by atoms with E-state index in [1.807, 2.05) is 11.8 Å². The van der Waals surface area contributed by atoms with Crippen LogP contribution in [0.15, 0.2) is 18.2 Å². The molecule has 0 aliphatic carbocycles. The molecule has 1 saturated heterocycles. The third-order valence-electron chi connectivity index (χ3n) is 3.98. The molecule has 1 aromatic rings. The zero-order valence-electron chi connectivity index (χ0n) is 12.1. The van der Waals surface area contributed by atoms with Gasteiger partial charge in [0.05, 0.1) is 10.3 Å². The number of likely N-dealkylation sites (tertiary alicyclic amines) is 1. The molecule has 0 spiro atoms. The lowest BCUT2D eigenvalue weighted by atomic mass is 9.89. The number of nitro groups is 1. The molecular weight excluding hydrogens is 277 g/mol. The molecule has 7 heteroatoms. The van der Waals surface area contributed by atoms with Gasteiger partial charge in [0.15, 0.2) is 0 Å². The largest absolute Gasteiger partial charge is 0.359 e. The van der Waals surface area contributed by atoms with Crippen molar-refractivity contribution in [2.45, 2.75) is 19.9 Å². The van der Waals surface area contributed by atoms with Crippen molar-refractivity contribution in [1.29, 1.82) is 0 Å². The number of halogens is 1. The minimum atomic E-state index is -0.795. The summed E-state index contributed by atoms with van der Waals surface area (Å²) in [7, 11) is 1.59. The Bertz CT molecular complexity index is 579. The Morgan fingerprint density at radius 3 is 2.90 bits per heavy atom. The van der Waals surface area contributed by atoms with Crippen LogP contribution in [0.4, 0.5) is 10.1 Å². The van der Waals surface area contributed by atoms with Gasteiger partial charge in [0.2, 0.25) is 11.7 Å². The van der Waals surface area contributed by atoms with Gasteiger partial charge in [-0.05, 0) is 19.9 Å². The molecule has 1 aliphatic rings. The minimum absolute atomic E-state index is 0.0375. The summed E-state index contributed by atoms with van der Waals surface area (Å²) in [5.74, 6) is -0.833. The lowest BCUT2D eigenvalue weighted by molar-refractivity contribution is -0.387. The number of amides is 1. The fourth-order valence-corrected chi connectivity index (χ4v) is 2.75. The molecule has 1 heterocycles. The topological polar surface area (TPSA) is 75.5 Å². The van der Waals surface area contributed by atoms with Crippen LogP contribution in [-0.2, 0) is 11.3 Å². The summed E-state index contributed by atoms with van der Waals surface area (Å²) in [5, 5.41) is 13.4. The zero-order chi connectivity index (χ0) is 15.6. The second-order valence-electron chi connectivity index (χ2n) is 5.61. The molecule has 1 atom stereocenters. The highest BCUT2D eigenvalue weighted by Crippen LogP contribution is 2.32. The van der Waals surface area contributed by atoms with Crippen LogP contribution in [0.2, 0.25) is 0 Å². The summed E-state index contributed by atoms with van der Waals surface area (Å²) in [4.78, 5) is 23.8. The Morgan fingerprint density at radius 2 is 2.29 bits per heavy atom. The molecule has 6 nitrogen and oxygen atoms in total. The van der Waals surface area contributed by atoms with Crippen LogP contribution in [0.3, 0.4) is 0 Å². The fourth-order valence-electron chi connectivity index (χ4n) is 2.75. The number of carbonyl (C=O) groups is 1. The van der Waals surface area contributed by atoms with Gasteiger partial charge in [-0.25, -0.2) is 0 Å². The Labute approximate surface area is 122 Å². The summed E-state index contributed by atoms with van der Waals surface area (Å²) in [5.41, 5.74) is -0.725. The lowest BCUT2D eigenvalue weighted by Gasteiger charge is -2.22. The van der Waals surface area contributed by atoms with E-state index in [9.17, 15) is 19.3 Å². The van der Waals surface area contributed by atoms with Gasteiger partial charge in [0.1, 0.15) is 0 Å². The first kappa shape index (κ1) is 15.4. The van der Waals surface area contributed by atoms with Crippen molar-refractivity contribution in [3.63, 3.8) is 0 Å². The van der Waals surface area contributed by atoms with Crippen molar-refractivity contribution in [1.82, 2.24) is 10.2 Å². The van der Waals surface area contributed by atoms with Gasteiger partial charge >= 0.3 is 5.69 Å². The lowest BCUT2D eigenvalue weighted by Crippen LogP contribution is -2.39. The SMILES string of the molecule is CNC(=O)C1(C)CCN(Cc2cccc([N+](=O)[O-])c2F)C1. The van der Waals surface area contributed by atoms with E-state index in [-0.39, 0.29) is 18.0 Å². The summed E-state index contributed by atoms with van der Waals surface area (Å²) in [6.45, 7) is 3.30. The normalized spacial score (nSPS) is 22.2. The number of nitro benzene ring substituents is 1. The molecule has 0 aromatic heterocycles. The number of hydrogen-bond donors (Lipinski definition) is 1. The van der Waals surface area contributed by atoms with Crippen LogP contribution in [0.25, 0.3) is 0 Å². The quantitative estimate of drug-likeness (QED) is 0.677. The number of rotatable bonds is 4. The van der Waals surface area contributed by atoms with E-state index >= 15 is 0 Å². The van der Waals surface area contributed by atoms with Crippen LogP contribution >= 0.6 is 0 Å². The van der Waals surface area contributed by atoms with Gasteiger partial charge in [-0.2, -0.15) is 4.39 Å². The zero-order valence-corrected chi connectivity index (χ0v) is 12.1. The van der Waals surface area contributed by atoms with E-state index in [1.54, 1.807) is 7.05 Å². The van der Waals surface area contributed by atoms with Crippen LogP contribution in [0.5, 0.6) is 0 Å². The van der Waals surface area contributed by atoms with Crippen LogP contribution in [0.1, 0.15) is 18.9 Å². The van der Waals surface area contributed by atoms with E-state index in [0.717, 1.165) is 6.07 Å². The predicted octanol–water partition coefficient (Wildman–Crippen LogP) is 1.69. The highest BCUT2D eigenvalue weighted by Gasteiger charge is 2.39. The monoisotopic (exact) mass is 295 g/mol. The van der Waals surface area contributed by atoms with Crippen LogP contribution < -0.4 is 5.32 Å². The number of nitrogens with zero attached hydrogens (tertiary/aromatic N) is 2. The molecule has 1 unspecified atom stereocenters. The maximum absolute atomic E-state index is 14.0. The molecule has 1 fully saturated rings. The number of carbonyl (C=O) groups excluding carboxylic acids is 1. The van der Waals surface area contributed by atoms with Gasteiger partial charge in [-0.15, -0.1) is 0 Å². The first-order chi connectivity index (χ1) is 9.87. The molecule has 1 amide bonds. The van der Waals surface area contributed by atoms with Crippen LogP contribution in [0, 0.1) is 21.3 Å². The number of nitrogens with one attached hydrogen (secondary N) is 1. The Balaban J connectivity index is 2.12. The van der Waals surface area contributed by atoms with Crippen molar-refractivity contribution in [2.75, 3.05) is 20.1 Å². The van der Waals surface area contributed by atoms with Gasteiger partial charge in [-0.3, -0.25) is 19.8 Å². The molecule has 0 saturated carbocycles. The smallest absolute Gasteiger partial charge is 0.305 e. The Kier molecular flexibility index (Phi) is 4.22. The average molecular weight is 295 g/mol. The van der Waals surface area contributed by atoms with E-state index in [4.69, 9.17) is 0 Å². The first-order valence-electron chi connectivity index (χ1n) is 6.74.